The van der Waals surface area contributed by atoms with Gasteiger partial charge in [-0.1, -0.05) is 24.3 Å². The molecule has 8 nitrogen and oxygen atoms in total. The number of nitrogens with zero attached hydrogens (tertiary/aromatic N) is 2. The molecule has 0 radical (unpaired) electrons. The third-order valence-electron chi connectivity index (χ3n) is 5.53. The van der Waals surface area contributed by atoms with Gasteiger partial charge in [-0.3, -0.25) is 9.59 Å². The largest absolute Gasteiger partial charge is 0.490 e. The monoisotopic (exact) mass is 424 g/mol. The second kappa shape index (κ2) is 8.77. The SMILES string of the molecule is CCOc1ccc(N2C(=O)C(=O)N(C[NH+]3CCc4ccccc4C3)C2=O)cc1OCC. The average molecular weight is 424 g/mol. The maximum atomic E-state index is 13.1. The van der Waals surface area contributed by atoms with Crippen LogP contribution in [-0.4, -0.2) is 49.2 Å². The predicted molar refractivity (Wildman–Crippen MR) is 113 cm³/mol. The van der Waals surface area contributed by atoms with E-state index in [4.69, 9.17) is 9.47 Å². The summed E-state index contributed by atoms with van der Waals surface area (Å²) >= 11 is 0. The highest BCUT2D eigenvalue weighted by Gasteiger charge is 2.47. The van der Waals surface area contributed by atoms with Gasteiger partial charge in [-0.25, -0.2) is 14.6 Å². The van der Waals surface area contributed by atoms with Gasteiger partial charge in [-0.15, -0.1) is 0 Å². The van der Waals surface area contributed by atoms with E-state index in [0.717, 1.165) is 27.7 Å². The Balaban J connectivity index is 1.54. The van der Waals surface area contributed by atoms with Crippen molar-refractivity contribution in [3.05, 3.63) is 53.6 Å². The first-order valence-electron chi connectivity index (χ1n) is 10.5. The number of quaternary nitrogens is 1. The Morgan fingerprint density at radius 1 is 0.903 bits per heavy atom. The minimum absolute atomic E-state index is 0.156. The Morgan fingerprint density at radius 2 is 1.61 bits per heavy atom. The fraction of sp³-hybridized carbons (Fsp3) is 0.348. The average Bonchev–Trinajstić information content (AvgIpc) is 2.98. The highest BCUT2D eigenvalue weighted by molar-refractivity contribution is 6.52. The second-order valence-corrected chi connectivity index (χ2v) is 7.51. The lowest BCUT2D eigenvalue weighted by Gasteiger charge is -2.28. The molecule has 2 aromatic carbocycles. The quantitative estimate of drug-likeness (QED) is 0.537. The molecule has 1 atom stereocenters. The molecule has 1 unspecified atom stereocenters. The van der Waals surface area contributed by atoms with Crippen LogP contribution in [0.15, 0.2) is 42.5 Å². The fourth-order valence-corrected chi connectivity index (χ4v) is 4.05. The number of carbonyl (C=O) groups is 3. The molecular weight excluding hydrogens is 398 g/mol. The van der Waals surface area contributed by atoms with Crippen molar-refractivity contribution in [2.45, 2.75) is 26.8 Å². The van der Waals surface area contributed by atoms with E-state index in [1.54, 1.807) is 18.2 Å². The number of urea groups is 1. The van der Waals surface area contributed by atoms with Crippen LogP contribution in [0, 0.1) is 0 Å². The predicted octanol–water partition coefficient (Wildman–Crippen LogP) is 1.38. The Kier molecular flexibility index (Phi) is 5.90. The normalized spacial score (nSPS) is 18.4. The number of benzene rings is 2. The van der Waals surface area contributed by atoms with Gasteiger partial charge in [0.25, 0.3) is 0 Å². The Bertz CT molecular complexity index is 1020. The number of fused-ring (bicyclic) bond motifs is 1. The molecular formula is C23H26N3O5+. The summed E-state index contributed by atoms with van der Waals surface area (Å²) in [6.07, 6.45) is 0.871. The van der Waals surface area contributed by atoms with Gasteiger partial charge in [0.1, 0.15) is 6.54 Å². The maximum Gasteiger partial charge on any atom is 0.343 e. The standard InChI is InChI=1S/C23H25N3O5/c1-3-30-19-10-9-18(13-20(19)31-4-2)26-22(28)21(27)25(23(26)29)15-24-12-11-16-7-5-6-8-17(16)14-24/h5-10,13H,3-4,11-12,14-15H2,1-2H3/p+1. The molecule has 1 saturated heterocycles. The summed E-state index contributed by atoms with van der Waals surface area (Å²) in [5.41, 5.74) is 2.79. The van der Waals surface area contributed by atoms with Gasteiger partial charge < -0.3 is 14.4 Å². The number of carbonyl (C=O) groups excluding carboxylic acids is 3. The number of rotatable bonds is 7. The number of imide groups is 2. The van der Waals surface area contributed by atoms with Crippen molar-refractivity contribution in [3.8, 4) is 11.5 Å². The number of anilines is 1. The summed E-state index contributed by atoms with van der Waals surface area (Å²) in [6.45, 7) is 6.20. The summed E-state index contributed by atoms with van der Waals surface area (Å²) in [6, 6.07) is 12.3. The molecule has 2 heterocycles. The summed E-state index contributed by atoms with van der Waals surface area (Å²) in [5.74, 6) is -0.713. The van der Waals surface area contributed by atoms with E-state index in [1.807, 2.05) is 26.0 Å². The molecule has 162 valence electrons. The highest BCUT2D eigenvalue weighted by Crippen LogP contribution is 2.33. The lowest BCUT2D eigenvalue weighted by molar-refractivity contribution is -0.922. The molecule has 0 saturated carbocycles. The molecule has 1 fully saturated rings. The van der Waals surface area contributed by atoms with E-state index >= 15 is 0 Å². The van der Waals surface area contributed by atoms with Gasteiger partial charge in [-0.05, 0) is 31.5 Å². The van der Waals surface area contributed by atoms with Crippen LogP contribution in [0.25, 0.3) is 0 Å². The third kappa shape index (κ3) is 3.98. The summed E-state index contributed by atoms with van der Waals surface area (Å²) in [7, 11) is 0. The van der Waals surface area contributed by atoms with Gasteiger partial charge in [0.15, 0.2) is 18.2 Å². The number of hydrogen-bond donors (Lipinski definition) is 1. The van der Waals surface area contributed by atoms with Crippen LogP contribution in [0.3, 0.4) is 0 Å². The first kappa shape index (κ1) is 20.9. The number of nitrogens with one attached hydrogen (secondary N) is 1. The zero-order chi connectivity index (χ0) is 22.0. The molecule has 0 aromatic heterocycles. The lowest BCUT2D eigenvalue weighted by atomic mass is 10.0. The van der Waals surface area contributed by atoms with E-state index in [0.29, 0.717) is 31.3 Å². The smallest absolute Gasteiger partial charge is 0.343 e. The van der Waals surface area contributed by atoms with E-state index in [2.05, 4.69) is 12.1 Å². The van der Waals surface area contributed by atoms with Crippen LogP contribution in [0.5, 0.6) is 11.5 Å². The summed E-state index contributed by atoms with van der Waals surface area (Å²) < 4.78 is 11.1. The first-order valence-corrected chi connectivity index (χ1v) is 10.5. The van der Waals surface area contributed by atoms with Gasteiger partial charge in [0.05, 0.1) is 25.4 Å². The van der Waals surface area contributed by atoms with Gasteiger partial charge in [0.2, 0.25) is 0 Å². The maximum absolute atomic E-state index is 13.1. The van der Waals surface area contributed by atoms with Crippen LogP contribution in [-0.2, 0) is 22.6 Å². The Labute approximate surface area is 180 Å². The van der Waals surface area contributed by atoms with Crippen LogP contribution in [0.1, 0.15) is 25.0 Å². The zero-order valence-corrected chi connectivity index (χ0v) is 17.7. The molecule has 0 spiro atoms. The zero-order valence-electron chi connectivity index (χ0n) is 17.7. The van der Waals surface area contributed by atoms with Crippen molar-refractivity contribution in [1.29, 1.82) is 0 Å². The van der Waals surface area contributed by atoms with E-state index in [-0.39, 0.29) is 12.4 Å². The molecule has 8 heteroatoms. The van der Waals surface area contributed by atoms with Crippen molar-refractivity contribution < 1.29 is 28.8 Å². The van der Waals surface area contributed by atoms with E-state index in [1.165, 1.54) is 11.1 Å². The van der Waals surface area contributed by atoms with E-state index < -0.39 is 17.8 Å². The molecule has 4 rings (SSSR count). The van der Waals surface area contributed by atoms with Gasteiger partial charge in [-0.2, -0.15) is 0 Å². The molecule has 1 N–H and O–H groups in total. The molecule has 31 heavy (non-hydrogen) atoms. The molecule has 0 bridgehead atoms. The van der Waals surface area contributed by atoms with Crippen molar-refractivity contribution in [1.82, 2.24) is 4.90 Å². The second-order valence-electron chi connectivity index (χ2n) is 7.51. The minimum atomic E-state index is -0.853. The molecule has 2 aromatic rings. The van der Waals surface area contributed by atoms with Crippen LogP contribution >= 0.6 is 0 Å². The number of hydrogen-bond acceptors (Lipinski definition) is 5. The molecule has 2 aliphatic rings. The van der Waals surface area contributed by atoms with Crippen LogP contribution < -0.4 is 19.3 Å². The van der Waals surface area contributed by atoms with Gasteiger partial charge >= 0.3 is 17.8 Å². The van der Waals surface area contributed by atoms with Crippen molar-refractivity contribution in [2.75, 3.05) is 31.3 Å². The van der Waals surface area contributed by atoms with Crippen LogP contribution in [0.2, 0.25) is 0 Å². The Hall–Kier alpha value is -3.39. The molecule has 4 amide bonds. The van der Waals surface area contributed by atoms with Crippen molar-refractivity contribution in [2.24, 2.45) is 0 Å². The van der Waals surface area contributed by atoms with Crippen LogP contribution in [0.4, 0.5) is 10.5 Å². The third-order valence-corrected chi connectivity index (χ3v) is 5.53. The lowest BCUT2D eigenvalue weighted by Crippen LogP contribution is -3.13. The summed E-state index contributed by atoms with van der Waals surface area (Å²) in [5, 5.41) is 0. The van der Waals surface area contributed by atoms with Gasteiger partial charge in [0, 0.05) is 18.1 Å². The Morgan fingerprint density at radius 3 is 2.35 bits per heavy atom. The summed E-state index contributed by atoms with van der Waals surface area (Å²) in [4.78, 5) is 41.4. The number of amides is 4. The topological polar surface area (TPSA) is 80.6 Å². The van der Waals surface area contributed by atoms with Crippen molar-refractivity contribution in [3.63, 3.8) is 0 Å². The van der Waals surface area contributed by atoms with Crippen molar-refractivity contribution >= 4 is 23.5 Å². The fourth-order valence-electron chi connectivity index (χ4n) is 4.05. The first-order chi connectivity index (χ1) is 15.0. The van der Waals surface area contributed by atoms with E-state index in [9.17, 15) is 14.4 Å². The molecule has 0 aliphatic carbocycles. The highest BCUT2D eigenvalue weighted by atomic mass is 16.5. The number of ether oxygens (including phenoxy) is 2. The molecule has 2 aliphatic heterocycles. The minimum Gasteiger partial charge on any atom is -0.490 e.